The lowest BCUT2D eigenvalue weighted by atomic mass is 10.1. The van der Waals surface area contributed by atoms with Gasteiger partial charge < -0.3 is 5.73 Å². The van der Waals surface area contributed by atoms with Crippen LogP contribution in [0.15, 0.2) is 42.5 Å². The highest BCUT2D eigenvalue weighted by Gasteiger charge is 2.10. The van der Waals surface area contributed by atoms with Crippen LogP contribution in [0.2, 0.25) is 0 Å². The fourth-order valence-corrected chi connectivity index (χ4v) is 2.80. The van der Waals surface area contributed by atoms with Gasteiger partial charge >= 0.3 is 0 Å². The monoisotopic (exact) mass is 294 g/mol. The van der Waals surface area contributed by atoms with Crippen LogP contribution in [0, 0.1) is 11.3 Å². The number of fused-ring (bicyclic) bond motifs is 1. The number of nitrogen functional groups attached to an aromatic ring is 1. The Bertz CT molecular complexity index is 879. The number of nitrogens with two attached hydrogens (primary N) is 1. The van der Waals surface area contributed by atoms with E-state index < -0.39 is 0 Å². The highest BCUT2D eigenvalue weighted by atomic mass is 32.1. The molecule has 3 N–H and O–H groups in total. The summed E-state index contributed by atoms with van der Waals surface area (Å²) in [5.41, 5.74) is 8.03. The van der Waals surface area contributed by atoms with Crippen LogP contribution in [0.3, 0.4) is 0 Å². The van der Waals surface area contributed by atoms with E-state index in [1.807, 2.05) is 18.2 Å². The minimum absolute atomic E-state index is 0.292. The summed E-state index contributed by atoms with van der Waals surface area (Å²) in [6, 6.07) is 13.9. The lowest BCUT2D eigenvalue weighted by molar-refractivity contribution is 0.102. The number of nitrogens with one attached hydrogen (secondary N) is 1. The minimum Gasteiger partial charge on any atom is -0.399 e. The van der Waals surface area contributed by atoms with Gasteiger partial charge in [0, 0.05) is 11.3 Å². The average molecular weight is 294 g/mol. The smallest absolute Gasteiger partial charge is 0.257 e. The average Bonchev–Trinajstić information content (AvgIpc) is 2.88. The maximum Gasteiger partial charge on any atom is 0.257 e. The SMILES string of the molecule is N#Cc1cccc(C(=O)Nc2nc3ccc(N)cc3s2)c1. The molecule has 0 aliphatic heterocycles. The molecule has 1 amide bonds. The molecule has 0 radical (unpaired) electrons. The van der Waals surface area contributed by atoms with E-state index in [-0.39, 0.29) is 5.91 Å². The molecule has 21 heavy (non-hydrogen) atoms. The third kappa shape index (κ3) is 2.68. The number of carbonyl (C=O) groups is 1. The van der Waals surface area contributed by atoms with Crippen LogP contribution in [0.5, 0.6) is 0 Å². The van der Waals surface area contributed by atoms with E-state index in [1.165, 1.54) is 11.3 Å². The number of rotatable bonds is 2. The van der Waals surface area contributed by atoms with Crippen LogP contribution in [-0.4, -0.2) is 10.9 Å². The first-order valence-corrected chi connectivity index (χ1v) is 6.95. The summed E-state index contributed by atoms with van der Waals surface area (Å²) < 4.78 is 0.913. The van der Waals surface area contributed by atoms with Crippen molar-refractivity contribution in [3.8, 4) is 6.07 Å². The van der Waals surface area contributed by atoms with Crippen molar-refractivity contribution in [1.29, 1.82) is 5.26 Å². The zero-order valence-corrected chi connectivity index (χ0v) is 11.6. The Morgan fingerprint density at radius 3 is 2.95 bits per heavy atom. The first-order valence-electron chi connectivity index (χ1n) is 6.13. The summed E-state index contributed by atoms with van der Waals surface area (Å²) >= 11 is 1.36. The molecular weight excluding hydrogens is 284 g/mol. The van der Waals surface area contributed by atoms with E-state index in [0.717, 1.165) is 10.2 Å². The number of nitrogens with zero attached hydrogens (tertiary/aromatic N) is 2. The van der Waals surface area contributed by atoms with E-state index >= 15 is 0 Å². The Labute approximate surface area is 124 Å². The second-order valence-electron chi connectivity index (χ2n) is 4.39. The molecular formula is C15H10N4OS. The summed E-state index contributed by atoms with van der Waals surface area (Å²) in [6.07, 6.45) is 0. The van der Waals surface area contributed by atoms with Gasteiger partial charge in [-0.25, -0.2) is 4.98 Å². The maximum absolute atomic E-state index is 12.1. The first-order chi connectivity index (χ1) is 10.2. The molecule has 0 saturated carbocycles. The van der Waals surface area contributed by atoms with Crippen LogP contribution in [-0.2, 0) is 0 Å². The van der Waals surface area contributed by atoms with Crippen LogP contribution in [0.4, 0.5) is 10.8 Å². The van der Waals surface area contributed by atoms with Crippen molar-refractivity contribution in [3.05, 3.63) is 53.6 Å². The number of thiazole rings is 1. The Morgan fingerprint density at radius 2 is 2.14 bits per heavy atom. The highest BCUT2D eigenvalue weighted by Crippen LogP contribution is 2.27. The molecule has 1 heterocycles. The molecule has 3 rings (SSSR count). The van der Waals surface area contributed by atoms with Crippen LogP contribution in [0.25, 0.3) is 10.2 Å². The van der Waals surface area contributed by atoms with E-state index in [9.17, 15) is 4.79 Å². The summed E-state index contributed by atoms with van der Waals surface area (Å²) in [5.74, 6) is -0.292. The van der Waals surface area contributed by atoms with Crippen molar-refractivity contribution < 1.29 is 4.79 Å². The lowest BCUT2D eigenvalue weighted by Crippen LogP contribution is -2.11. The van der Waals surface area contributed by atoms with Crippen molar-refractivity contribution in [2.45, 2.75) is 0 Å². The molecule has 5 nitrogen and oxygen atoms in total. The van der Waals surface area contributed by atoms with Gasteiger partial charge in [-0.05, 0) is 36.4 Å². The summed E-state index contributed by atoms with van der Waals surface area (Å²) in [4.78, 5) is 16.5. The molecule has 0 bridgehead atoms. The lowest BCUT2D eigenvalue weighted by Gasteiger charge is -2.01. The zero-order valence-electron chi connectivity index (χ0n) is 10.8. The molecule has 6 heteroatoms. The summed E-state index contributed by atoms with van der Waals surface area (Å²) in [5, 5.41) is 12.1. The Morgan fingerprint density at radius 1 is 1.29 bits per heavy atom. The zero-order chi connectivity index (χ0) is 14.8. The van der Waals surface area contributed by atoms with Gasteiger partial charge in [0.25, 0.3) is 5.91 Å². The second-order valence-corrected chi connectivity index (χ2v) is 5.42. The molecule has 2 aromatic carbocycles. The fraction of sp³-hybridized carbons (Fsp3) is 0. The molecule has 0 aliphatic carbocycles. The van der Waals surface area contributed by atoms with Gasteiger partial charge in [-0.2, -0.15) is 5.26 Å². The van der Waals surface area contributed by atoms with Gasteiger partial charge in [-0.1, -0.05) is 17.4 Å². The van der Waals surface area contributed by atoms with E-state index in [2.05, 4.69) is 10.3 Å². The van der Waals surface area contributed by atoms with Gasteiger partial charge in [-0.3, -0.25) is 10.1 Å². The highest BCUT2D eigenvalue weighted by molar-refractivity contribution is 7.22. The molecule has 0 aliphatic rings. The Kier molecular flexibility index (Phi) is 3.26. The number of benzene rings is 2. The first kappa shape index (κ1) is 13.1. The molecule has 0 saturated heterocycles. The molecule has 102 valence electrons. The number of nitriles is 1. The van der Waals surface area contributed by atoms with Crippen LogP contribution < -0.4 is 11.1 Å². The number of anilines is 2. The van der Waals surface area contributed by atoms with Gasteiger partial charge in [0.1, 0.15) is 0 Å². The molecule has 0 fully saturated rings. The molecule has 0 spiro atoms. The van der Waals surface area contributed by atoms with Gasteiger partial charge in [0.2, 0.25) is 0 Å². The number of carbonyl (C=O) groups excluding carboxylic acids is 1. The maximum atomic E-state index is 12.1. The van der Waals surface area contributed by atoms with Gasteiger partial charge in [0.15, 0.2) is 5.13 Å². The second kappa shape index (κ2) is 5.23. The van der Waals surface area contributed by atoms with Crippen LogP contribution in [0.1, 0.15) is 15.9 Å². The quantitative estimate of drug-likeness (QED) is 0.711. The third-order valence-corrected chi connectivity index (χ3v) is 3.82. The van der Waals surface area contributed by atoms with E-state index in [4.69, 9.17) is 11.0 Å². The Hall–Kier alpha value is -2.91. The predicted molar refractivity (Wildman–Crippen MR) is 83.1 cm³/mol. The van der Waals surface area contributed by atoms with E-state index in [1.54, 1.807) is 30.3 Å². The van der Waals surface area contributed by atoms with Gasteiger partial charge in [-0.15, -0.1) is 0 Å². The van der Waals surface area contributed by atoms with Crippen LogP contribution >= 0.6 is 11.3 Å². The summed E-state index contributed by atoms with van der Waals surface area (Å²) in [6.45, 7) is 0. The largest absolute Gasteiger partial charge is 0.399 e. The summed E-state index contributed by atoms with van der Waals surface area (Å²) in [7, 11) is 0. The standard InChI is InChI=1S/C15H10N4OS/c16-8-9-2-1-3-10(6-9)14(20)19-15-18-12-5-4-11(17)7-13(12)21-15/h1-7H,17H2,(H,18,19,20). The molecule has 0 atom stereocenters. The van der Waals surface area contributed by atoms with Gasteiger partial charge in [0.05, 0.1) is 21.8 Å². The number of aromatic nitrogens is 1. The van der Waals surface area contributed by atoms with Crippen molar-refractivity contribution in [1.82, 2.24) is 4.98 Å². The number of hydrogen-bond donors (Lipinski definition) is 2. The van der Waals surface area contributed by atoms with Crippen molar-refractivity contribution in [2.24, 2.45) is 0 Å². The Balaban J connectivity index is 1.87. The van der Waals surface area contributed by atoms with Crippen molar-refractivity contribution >= 4 is 38.3 Å². The molecule has 3 aromatic rings. The van der Waals surface area contributed by atoms with E-state index in [0.29, 0.717) is 21.9 Å². The third-order valence-electron chi connectivity index (χ3n) is 2.89. The number of amides is 1. The normalized spacial score (nSPS) is 10.2. The minimum atomic E-state index is -0.292. The number of hydrogen-bond acceptors (Lipinski definition) is 5. The van der Waals surface area contributed by atoms with Crippen molar-refractivity contribution in [2.75, 3.05) is 11.1 Å². The molecule has 1 aromatic heterocycles. The van der Waals surface area contributed by atoms with Crippen molar-refractivity contribution in [3.63, 3.8) is 0 Å². The fourth-order valence-electron chi connectivity index (χ4n) is 1.89. The topological polar surface area (TPSA) is 91.8 Å². The predicted octanol–water partition coefficient (Wildman–Crippen LogP) is 3.00. The molecule has 0 unspecified atom stereocenters.